The first-order valence-electron chi connectivity index (χ1n) is 9.72. The number of sulfonamides is 1. The lowest BCUT2D eigenvalue weighted by Crippen LogP contribution is -2.37. The first-order chi connectivity index (χ1) is 13.7. The van der Waals surface area contributed by atoms with E-state index in [1.54, 1.807) is 30.5 Å². The van der Waals surface area contributed by atoms with E-state index in [4.69, 9.17) is 11.6 Å². The van der Waals surface area contributed by atoms with Gasteiger partial charge in [-0.05, 0) is 44.4 Å². The maximum absolute atomic E-state index is 13.2. The van der Waals surface area contributed by atoms with Crippen molar-refractivity contribution in [1.29, 1.82) is 0 Å². The van der Waals surface area contributed by atoms with Crippen molar-refractivity contribution >= 4 is 27.5 Å². The summed E-state index contributed by atoms with van der Waals surface area (Å²) in [6, 6.07) is 7.50. The summed E-state index contributed by atoms with van der Waals surface area (Å²) in [5, 5.41) is 4.89. The van der Waals surface area contributed by atoms with Crippen molar-refractivity contribution in [1.82, 2.24) is 19.0 Å². The van der Waals surface area contributed by atoms with Crippen LogP contribution in [0.25, 0.3) is 0 Å². The lowest BCUT2D eigenvalue weighted by molar-refractivity contribution is -0.131. The molecule has 1 amide bonds. The largest absolute Gasteiger partial charge is 0.341 e. The molecule has 1 aromatic heterocycles. The molecule has 7 nitrogen and oxygen atoms in total. The number of aryl methyl sites for hydroxylation is 3. The summed E-state index contributed by atoms with van der Waals surface area (Å²) in [6.45, 7) is 5.12. The van der Waals surface area contributed by atoms with Crippen LogP contribution in [0.5, 0.6) is 0 Å². The molecule has 158 valence electrons. The van der Waals surface area contributed by atoms with Gasteiger partial charge in [-0.1, -0.05) is 23.7 Å². The molecule has 0 radical (unpaired) electrons. The minimum Gasteiger partial charge on any atom is -0.341 e. The molecule has 0 N–H and O–H groups in total. The molecule has 3 rings (SSSR count). The third-order valence-electron chi connectivity index (χ3n) is 5.36. The molecule has 2 aromatic rings. The number of carbonyl (C=O) groups is 1. The molecule has 9 heteroatoms. The van der Waals surface area contributed by atoms with Crippen LogP contribution in [0.15, 0.2) is 29.2 Å². The molecule has 0 atom stereocenters. The summed E-state index contributed by atoms with van der Waals surface area (Å²) < 4.78 is 29.4. The zero-order valence-corrected chi connectivity index (χ0v) is 18.6. The predicted molar refractivity (Wildman–Crippen MR) is 112 cm³/mol. The van der Waals surface area contributed by atoms with Gasteiger partial charge in [-0.25, -0.2) is 8.42 Å². The fraction of sp³-hybridized carbons (Fsp3) is 0.500. The van der Waals surface area contributed by atoms with E-state index in [1.807, 2.05) is 24.3 Å². The molecule has 0 aliphatic carbocycles. The molecule has 0 unspecified atom stereocenters. The lowest BCUT2D eigenvalue weighted by Gasteiger charge is -2.22. The first kappa shape index (κ1) is 21.8. The van der Waals surface area contributed by atoms with Crippen LogP contribution in [0.2, 0.25) is 5.02 Å². The van der Waals surface area contributed by atoms with Crippen molar-refractivity contribution in [2.75, 3.05) is 26.2 Å². The third-order valence-corrected chi connectivity index (χ3v) is 7.75. The van der Waals surface area contributed by atoms with Crippen molar-refractivity contribution in [3.05, 3.63) is 46.2 Å². The molecule has 1 saturated heterocycles. The highest BCUT2D eigenvalue weighted by Gasteiger charge is 2.32. The Labute approximate surface area is 177 Å². The van der Waals surface area contributed by atoms with Gasteiger partial charge in [0.2, 0.25) is 15.9 Å². The first-order valence-corrected chi connectivity index (χ1v) is 11.5. The van der Waals surface area contributed by atoms with Crippen molar-refractivity contribution < 1.29 is 13.2 Å². The van der Waals surface area contributed by atoms with Crippen LogP contribution >= 0.6 is 11.6 Å². The SMILES string of the molecule is Cc1nn(C)c(C)c1S(=O)(=O)N1CCCN(C(=O)CCc2cccc(Cl)c2)CC1. The second kappa shape index (κ2) is 8.85. The number of carbonyl (C=O) groups excluding carboxylic acids is 1. The lowest BCUT2D eigenvalue weighted by atomic mass is 10.1. The number of aromatic nitrogens is 2. The van der Waals surface area contributed by atoms with Gasteiger partial charge in [0.25, 0.3) is 0 Å². The molecule has 0 saturated carbocycles. The van der Waals surface area contributed by atoms with E-state index in [0.717, 1.165) is 5.56 Å². The molecular formula is C20H27ClN4O3S. The highest BCUT2D eigenvalue weighted by atomic mass is 35.5. The normalized spacial score (nSPS) is 16.1. The Morgan fingerprint density at radius 2 is 1.93 bits per heavy atom. The minimum absolute atomic E-state index is 0.0398. The van der Waals surface area contributed by atoms with E-state index in [0.29, 0.717) is 61.9 Å². The number of nitrogens with zero attached hydrogens (tertiary/aromatic N) is 4. The third kappa shape index (κ3) is 4.82. The van der Waals surface area contributed by atoms with E-state index in [9.17, 15) is 13.2 Å². The van der Waals surface area contributed by atoms with Crippen LogP contribution in [0.3, 0.4) is 0 Å². The summed E-state index contributed by atoms with van der Waals surface area (Å²) in [4.78, 5) is 14.7. The summed E-state index contributed by atoms with van der Waals surface area (Å²) in [7, 11) is -1.90. The van der Waals surface area contributed by atoms with Gasteiger partial charge in [0.05, 0.1) is 11.4 Å². The smallest absolute Gasteiger partial charge is 0.246 e. The zero-order valence-electron chi connectivity index (χ0n) is 17.1. The van der Waals surface area contributed by atoms with Crippen molar-refractivity contribution in [2.45, 2.75) is 38.0 Å². The Bertz CT molecular complexity index is 1000. The molecule has 1 aliphatic rings. The number of rotatable bonds is 5. The Morgan fingerprint density at radius 3 is 2.59 bits per heavy atom. The zero-order chi connectivity index (χ0) is 21.2. The van der Waals surface area contributed by atoms with E-state index in [2.05, 4.69) is 5.10 Å². The minimum atomic E-state index is -3.64. The Hall–Kier alpha value is -1.90. The van der Waals surface area contributed by atoms with Crippen LogP contribution in [0.1, 0.15) is 29.8 Å². The molecular weight excluding hydrogens is 412 g/mol. The maximum Gasteiger partial charge on any atom is 0.246 e. The molecule has 2 heterocycles. The van der Waals surface area contributed by atoms with E-state index in [-0.39, 0.29) is 10.8 Å². The summed E-state index contributed by atoms with van der Waals surface area (Å²) in [5.74, 6) is 0.0398. The summed E-state index contributed by atoms with van der Waals surface area (Å²) in [6.07, 6.45) is 1.61. The van der Waals surface area contributed by atoms with Crippen LogP contribution in [-0.4, -0.2) is 59.5 Å². The highest BCUT2D eigenvalue weighted by molar-refractivity contribution is 7.89. The topological polar surface area (TPSA) is 75.5 Å². The molecule has 1 aliphatic heterocycles. The maximum atomic E-state index is 13.2. The van der Waals surface area contributed by atoms with E-state index in [1.165, 1.54) is 4.31 Å². The van der Waals surface area contributed by atoms with Gasteiger partial charge >= 0.3 is 0 Å². The van der Waals surface area contributed by atoms with Crippen LogP contribution in [-0.2, 0) is 28.3 Å². The van der Waals surface area contributed by atoms with E-state index < -0.39 is 10.0 Å². The fourth-order valence-corrected chi connectivity index (χ4v) is 5.82. The second-order valence-corrected chi connectivity index (χ2v) is 9.70. The number of benzene rings is 1. The monoisotopic (exact) mass is 438 g/mol. The van der Waals surface area contributed by atoms with Crippen molar-refractivity contribution in [3.8, 4) is 0 Å². The van der Waals surface area contributed by atoms with Gasteiger partial charge in [0.1, 0.15) is 4.90 Å². The fourth-order valence-electron chi connectivity index (χ4n) is 3.74. The molecule has 1 fully saturated rings. The standard InChI is InChI=1S/C20H27ClN4O3S/c1-15-20(16(2)23(3)22-15)29(27,28)25-11-5-10-24(12-13-25)19(26)9-8-17-6-4-7-18(21)14-17/h4,6-7,14H,5,8-13H2,1-3H3. The predicted octanol–water partition coefficient (Wildman–Crippen LogP) is 2.55. The number of hydrogen-bond acceptors (Lipinski definition) is 4. The Morgan fingerprint density at radius 1 is 1.17 bits per heavy atom. The van der Waals surface area contributed by atoms with Crippen LogP contribution in [0, 0.1) is 13.8 Å². The number of halogens is 1. The van der Waals surface area contributed by atoms with Gasteiger partial charge in [0, 0.05) is 44.7 Å². The van der Waals surface area contributed by atoms with E-state index >= 15 is 0 Å². The van der Waals surface area contributed by atoms with Gasteiger partial charge in [-0.15, -0.1) is 0 Å². The van der Waals surface area contributed by atoms with Gasteiger partial charge in [0.15, 0.2) is 0 Å². The van der Waals surface area contributed by atoms with Crippen LogP contribution < -0.4 is 0 Å². The molecule has 0 bridgehead atoms. The molecule has 0 spiro atoms. The summed E-state index contributed by atoms with van der Waals surface area (Å²) in [5.41, 5.74) is 2.15. The van der Waals surface area contributed by atoms with Gasteiger partial charge < -0.3 is 4.90 Å². The average molecular weight is 439 g/mol. The highest BCUT2D eigenvalue weighted by Crippen LogP contribution is 2.24. The number of hydrogen-bond donors (Lipinski definition) is 0. The van der Waals surface area contributed by atoms with Gasteiger partial charge in [-0.2, -0.15) is 9.40 Å². The average Bonchev–Trinajstić information content (AvgIpc) is 2.84. The summed E-state index contributed by atoms with van der Waals surface area (Å²) >= 11 is 6.00. The van der Waals surface area contributed by atoms with Gasteiger partial charge in [-0.3, -0.25) is 9.48 Å². The second-order valence-electron chi connectivity index (χ2n) is 7.39. The van der Waals surface area contributed by atoms with Crippen molar-refractivity contribution in [3.63, 3.8) is 0 Å². The number of amides is 1. The quantitative estimate of drug-likeness (QED) is 0.718. The Kier molecular flexibility index (Phi) is 6.65. The Balaban J connectivity index is 1.64. The van der Waals surface area contributed by atoms with Crippen LogP contribution in [0.4, 0.5) is 0 Å². The van der Waals surface area contributed by atoms with Crippen molar-refractivity contribution in [2.24, 2.45) is 7.05 Å². The molecule has 29 heavy (non-hydrogen) atoms. The molecule has 1 aromatic carbocycles.